The topological polar surface area (TPSA) is 66.6 Å². The number of benzene rings is 2. The molecule has 0 aliphatic rings. The van der Waals surface area contributed by atoms with E-state index in [9.17, 15) is 4.79 Å². The number of aryl methyl sites for hydroxylation is 1. The molecule has 0 unspecified atom stereocenters. The Morgan fingerprint density at radius 3 is 2.30 bits per heavy atom. The summed E-state index contributed by atoms with van der Waals surface area (Å²) in [4.78, 5) is 13.2. The average molecular weight is 270 g/mol. The lowest BCUT2D eigenvalue weighted by Gasteiger charge is -2.24. The number of carbonyl (C=O) groups is 1. The summed E-state index contributed by atoms with van der Waals surface area (Å²) in [7, 11) is 0. The maximum Gasteiger partial charge on any atom is 0.337 e. The van der Waals surface area contributed by atoms with Gasteiger partial charge in [0.15, 0.2) is 0 Å². The SMILES string of the molecule is CCN(c1ccc(C)cc1)c1ccc(N)c(C(=O)O)c1. The molecule has 20 heavy (non-hydrogen) atoms. The van der Waals surface area contributed by atoms with E-state index >= 15 is 0 Å². The highest BCUT2D eigenvalue weighted by Crippen LogP contribution is 2.28. The zero-order valence-electron chi connectivity index (χ0n) is 11.6. The van der Waals surface area contributed by atoms with Crippen LogP contribution in [0.3, 0.4) is 0 Å². The molecule has 0 aliphatic heterocycles. The Hall–Kier alpha value is -2.49. The molecule has 2 aromatic carbocycles. The van der Waals surface area contributed by atoms with Gasteiger partial charge in [-0.05, 0) is 44.2 Å². The Morgan fingerprint density at radius 2 is 1.75 bits per heavy atom. The molecule has 0 spiro atoms. The summed E-state index contributed by atoms with van der Waals surface area (Å²) in [5, 5.41) is 9.15. The first-order valence-electron chi connectivity index (χ1n) is 6.50. The fourth-order valence-corrected chi connectivity index (χ4v) is 2.14. The van der Waals surface area contributed by atoms with Crippen molar-refractivity contribution in [3.63, 3.8) is 0 Å². The lowest BCUT2D eigenvalue weighted by atomic mass is 10.1. The number of nitrogens with two attached hydrogens (primary N) is 1. The highest BCUT2D eigenvalue weighted by Gasteiger charge is 2.13. The van der Waals surface area contributed by atoms with Crippen LogP contribution in [0.15, 0.2) is 42.5 Å². The molecule has 0 atom stereocenters. The van der Waals surface area contributed by atoms with Crippen molar-refractivity contribution in [2.75, 3.05) is 17.2 Å². The minimum Gasteiger partial charge on any atom is -0.478 e. The third-order valence-electron chi connectivity index (χ3n) is 3.24. The average Bonchev–Trinajstić information content (AvgIpc) is 2.43. The van der Waals surface area contributed by atoms with E-state index in [1.165, 1.54) is 5.56 Å². The summed E-state index contributed by atoms with van der Waals surface area (Å²) in [6.07, 6.45) is 0. The number of hydrogen-bond donors (Lipinski definition) is 2. The first-order valence-corrected chi connectivity index (χ1v) is 6.50. The van der Waals surface area contributed by atoms with E-state index < -0.39 is 5.97 Å². The number of nitrogen functional groups attached to an aromatic ring is 1. The van der Waals surface area contributed by atoms with E-state index in [0.717, 1.165) is 17.9 Å². The molecule has 4 heteroatoms. The third-order valence-corrected chi connectivity index (χ3v) is 3.24. The summed E-state index contributed by atoms with van der Waals surface area (Å²) in [6, 6.07) is 13.2. The number of aromatic carboxylic acids is 1. The first-order chi connectivity index (χ1) is 9.52. The van der Waals surface area contributed by atoms with Crippen LogP contribution in [-0.4, -0.2) is 17.6 Å². The van der Waals surface area contributed by atoms with Gasteiger partial charge in [0.25, 0.3) is 0 Å². The van der Waals surface area contributed by atoms with Gasteiger partial charge in [-0.15, -0.1) is 0 Å². The maximum atomic E-state index is 11.2. The van der Waals surface area contributed by atoms with Crippen molar-refractivity contribution in [2.45, 2.75) is 13.8 Å². The molecule has 0 amide bonds. The minimum absolute atomic E-state index is 0.132. The Labute approximate surface area is 118 Å². The lowest BCUT2D eigenvalue weighted by molar-refractivity contribution is 0.0698. The first kappa shape index (κ1) is 13.9. The molecule has 0 saturated carbocycles. The second-order valence-electron chi connectivity index (χ2n) is 4.66. The molecule has 0 heterocycles. The van der Waals surface area contributed by atoms with Crippen molar-refractivity contribution in [2.24, 2.45) is 0 Å². The highest BCUT2D eigenvalue weighted by molar-refractivity contribution is 5.95. The molecule has 104 valence electrons. The van der Waals surface area contributed by atoms with Gasteiger partial charge in [-0.2, -0.15) is 0 Å². The monoisotopic (exact) mass is 270 g/mol. The van der Waals surface area contributed by atoms with Crippen molar-refractivity contribution >= 4 is 23.0 Å². The lowest BCUT2D eigenvalue weighted by Crippen LogP contribution is -2.17. The van der Waals surface area contributed by atoms with Gasteiger partial charge in [0, 0.05) is 23.6 Å². The van der Waals surface area contributed by atoms with Gasteiger partial charge < -0.3 is 15.7 Å². The second-order valence-corrected chi connectivity index (χ2v) is 4.66. The Balaban J connectivity index is 2.44. The highest BCUT2D eigenvalue weighted by atomic mass is 16.4. The van der Waals surface area contributed by atoms with Crippen LogP contribution in [0.25, 0.3) is 0 Å². The van der Waals surface area contributed by atoms with E-state index in [-0.39, 0.29) is 11.3 Å². The Morgan fingerprint density at radius 1 is 1.15 bits per heavy atom. The number of rotatable bonds is 4. The van der Waals surface area contributed by atoms with Crippen molar-refractivity contribution in [1.82, 2.24) is 0 Å². The molecule has 3 N–H and O–H groups in total. The quantitative estimate of drug-likeness (QED) is 0.835. The van der Waals surface area contributed by atoms with Crippen LogP contribution < -0.4 is 10.6 Å². The molecule has 0 aliphatic carbocycles. The number of hydrogen-bond acceptors (Lipinski definition) is 3. The van der Waals surface area contributed by atoms with Gasteiger partial charge in [0.1, 0.15) is 0 Å². The molecule has 0 bridgehead atoms. The molecule has 2 rings (SSSR count). The molecule has 2 aromatic rings. The predicted octanol–water partition coefficient (Wildman–Crippen LogP) is 3.43. The van der Waals surface area contributed by atoms with Crippen LogP contribution in [0.2, 0.25) is 0 Å². The van der Waals surface area contributed by atoms with Gasteiger partial charge in [0.05, 0.1) is 5.56 Å². The molecule has 0 fully saturated rings. The molecule has 0 aromatic heterocycles. The van der Waals surface area contributed by atoms with Crippen LogP contribution >= 0.6 is 0 Å². The normalized spacial score (nSPS) is 10.3. The van der Waals surface area contributed by atoms with Gasteiger partial charge in [-0.3, -0.25) is 0 Å². The summed E-state index contributed by atoms with van der Waals surface area (Å²) in [5.74, 6) is -1.01. The largest absolute Gasteiger partial charge is 0.478 e. The summed E-state index contributed by atoms with van der Waals surface area (Å²) in [6.45, 7) is 4.80. The van der Waals surface area contributed by atoms with Crippen LogP contribution in [0.4, 0.5) is 17.1 Å². The molecular formula is C16H18N2O2. The van der Waals surface area contributed by atoms with Crippen molar-refractivity contribution in [3.05, 3.63) is 53.6 Å². The summed E-state index contributed by atoms with van der Waals surface area (Å²) < 4.78 is 0. The molecular weight excluding hydrogens is 252 g/mol. The van der Waals surface area contributed by atoms with Crippen molar-refractivity contribution in [1.29, 1.82) is 0 Å². The van der Waals surface area contributed by atoms with E-state index in [2.05, 4.69) is 0 Å². The van der Waals surface area contributed by atoms with E-state index in [0.29, 0.717) is 0 Å². The number of nitrogens with zero attached hydrogens (tertiary/aromatic N) is 1. The minimum atomic E-state index is -1.01. The third kappa shape index (κ3) is 2.74. The van der Waals surface area contributed by atoms with Gasteiger partial charge in [-0.1, -0.05) is 17.7 Å². The van der Waals surface area contributed by atoms with Gasteiger partial charge in [-0.25, -0.2) is 4.79 Å². The van der Waals surface area contributed by atoms with Crippen LogP contribution in [-0.2, 0) is 0 Å². The fraction of sp³-hybridized carbons (Fsp3) is 0.188. The molecule has 0 saturated heterocycles. The summed E-state index contributed by atoms with van der Waals surface area (Å²) >= 11 is 0. The fourth-order valence-electron chi connectivity index (χ4n) is 2.14. The van der Waals surface area contributed by atoms with Crippen molar-refractivity contribution < 1.29 is 9.90 Å². The zero-order chi connectivity index (χ0) is 14.7. The molecule has 4 nitrogen and oxygen atoms in total. The van der Waals surface area contributed by atoms with Crippen LogP contribution in [0, 0.1) is 6.92 Å². The molecule has 0 radical (unpaired) electrons. The second kappa shape index (κ2) is 5.65. The Kier molecular flexibility index (Phi) is 3.94. The van der Waals surface area contributed by atoms with E-state index in [4.69, 9.17) is 10.8 Å². The van der Waals surface area contributed by atoms with Crippen molar-refractivity contribution in [3.8, 4) is 0 Å². The number of carboxylic acids is 1. The van der Waals surface area contributed by atoms with Crippen LogP contribution in [0.5, 0.6) is 0 Å². The Bertz CT molecular complexity index is 621. The van der Waals surface area contributed by atoms with E-state index in [1.54, 1.807) is 12.1 Å². The maximum absolute atomic E-state index is 11.2. The number of carboxylic acid groups (broad SMARTS) is 1. The summed E-state index contributed by atoms with van der Waals surface area (Å²) in [5.41, 5.74) is 9.14. The van der Waals surface area contributed by atoms with Crippen LogP contribution in [0.1, 0.15) is 22.8 Å². The van der Waals surface area contributed by atoms with Gasteiger partial charge in [0.2, 0.25) is 0 Å². The smallest absolute Gasteiger partial charge is 0.337 e. The van der Waals surface area contributed by atoms with Gasteiger partial charge >= 0.3 is 5.97 Å². The number of anilines is 3. The zero-order valence-corrected chi connectivity index (χ0v) is 11.6. The predicted molar refractivity (Wildman–Crippen MR) is 81.7 cm³/mol. The van der Waals surface area contributed by atoms with E-state index in [1.807, 2.05) is 49.1 Å². The standard InChI is InChI=1S/C16H18N2O2/c1-3-18(12-6-4-11(2)5-7-12)13-8-9-15(17)14(10-13)16(19)20/h4-10H,3,17H2,1-2H3,(H,19,20).